The van der Waals surface area contributed by atoms with Crippen LogP contribution in [-0.4, -0.2) is 36.6 Å². The Kier molecular flexibility index (Phi) is 5.19. The molecular formula is C22H33NO3. The molecule has 0 radical (unpaired) electrons. The Labute approximate surface area is 157 Å². The minimum Gasteiger partial charge on any atom is -0.426 e. The van der Waals surface area contributed by atoms with Crippen LogP contribution < -0.4 is 4.74 Å². The van der Waals surface area contributed by atoms with Crippen molar-refractivity contribution in [2.24, 2.45) is 23.2 Å². The molecule has 144 valence electrons. The second kappa shape index (κ2) is 6.97. The van der Waals surface area contributed by atoms with E-state index >= 15 is 0 Å². The van der Waals surface area contributed by atoms with Gasteiger partial charge in [0.1, 0.15) is 5.75 Å². The van der Waals surface area contributed by atoms with Crippen LogP contribution in [0, 0.1) is 23.2 Å². The third-order valence-electron chi connectivity index (χ3n) is 6.08. The van der Waals surface area contributed by atoms with E-state index in [0.717, 1.165) is 18.5 Å². The van der Waals surface area contributed by atoms with Crippen molar-refractivity contribution in [1.29, 1.82) is 0 Å². The van der Waals surface area contributed by atoms with Gasteiger partial charge in [0, 0.05) is 12.5 Å². The number of rotatable bonds is 4. The van der Waals surface area contributed by atoms with Crippen molar-refractivity contribution in [3.8, 4) is 5.75 Å². The number of esters is 1. The average Bonchev–Trinajstić information content (AvgIpc) is 2.94. The van der Waals surface area contributed by atoms with Crippen molar-refractivity contribution in [3.05, 3.63) is 29.8 Å². The molecule has 1 aromatic rings. The predicted octanol–water partition coefficient (Wildman–Crippen LogP) is 3.82. The first-order valence-corrected chi connectivity index (χ1v) is 9.79. The van der Waals surface area contributed by atoms with Crippen LogP contribution >= 0.6 is 0 Å². The van der Waals surface area contributed by atoms with E-state index in [-0.39, 0.29) is 11.9 Å². The van der Waals surface area contributed by atoms with Gasteiger partial charge in [-0.15, -0.1) is 0 Å². The van der Waals surface area contributed by atoms with Gasteiger partial charge in [-0.25, -0.2) is 0 Å². The van der Waals surface area contributed by atoms with Crippen molar-refractivity contribution in [2.75, 3.05) is 20.6 Å². The number of hydrogen-bond donors (Lipinski definition) is 1. The largest absolute Gasteiger partial charge is 0.426 e. The number of carbonyl (C=O) groups is 1. The molecule has 0 aromatic heterocycles. The molecule has 2 saturated carbocycles. The van der Waals surface area contributed by atoms with Gasteiger partial charge in [-0.1, -0.05) is 18.6 Å². The Hall–Kier alpha value is -1.39. The number of aliphatic hydroxyl groups is 1. The van der Waals surface area contributed by atoms with Gasteiger partial charge >= 0.3 is 5.97 Å². The summed E-state index contributed by atoms with van der Waals surface area (Å²) in [6.45, 7) is 6.41. The zero-order chi connectivity index (χ0) is 19.1. The lowest BCUT2D eigenvalue weighted by atomic mass is 9.66. The number of ether oxygens (including phenoxy) is 1. The van der Waals surface area contributed by atoms with Crippen LogP contribution in [0.5, 0.6) is 5.75 Å². The highest BCUT2D eigenvalue weighted by atomic mass is 16.5. The summed E-state index contributed by atoms with van der Waals surface area (Å²) in [4.78, 5) is 14.4. The highest BCUT2D eigenvalue weighted by molar-refractivity contribution is 5.77. The molecule has 4 nitrogen and oxygen atoms in total. The Balaban J connectivity index is 1.90. The van der Waals surface area contributed by atoms with Gasteiger partial charge in [-0.2, -0.15) is 0 Å². The normalized spacial score (nSPS) is 31.3. The quantitative estimate of drug-likeness (QED) is 0.656. The fourth-order valence-electron chi connectivity index (χ4n) is 4.76. The first kappa shape index (κ1) is 19.4. The van der Waals surface area contributed by atoms with Crippen molar-refractivity contribution in [2.45, 2.75) is 52.1 Å². The molecule has 0 saturated heterocycles. The molecule has 0 amide bonds. The second-order valence-corrected chi connectivity index (χ2v) is 9.60. The SMILES string of the molecule is CN(C)CC1C2CC[C@H](C2)CC1(O)c1cccc(OC(=O)C(C)(C)C)c1. The maximum absolute atomic E-state index is 12.2. The zero-order valence-corrected chi connectivity index (χ0v) is 16.8. The van der Waals surface area contributed by atoms with E-state index in [1.165, 1.54) is 19.3 Å². The van der Waals surface area contributed by atoms with Gasteiger partial charge in [-0.3, -0.25) is 4.79 Å². The van der Waals surface area contributed by atoms with Gasteiger partial charge in [0.25, 0.3) is 0 Å². The summed E-state index contributed by atoms with van der Waals surface area (Å²) in [5, 5.41) is 11.8. The first-order valence-electron chi connectivity index (χ1n) is 9.79. The Bertz CT molecular complexity index is 664. The standard InChI is InChI=1S/C22H33NO3/c1-21(2,3)20(24)26-18-8-6-7-17(12-18)22(25)13-15-9-10-16(11-15)19(22)14-23(4)5/h6-8,12,15-16,19,25H,9-11,13-14H2,1-5H3/t15-,16?,19?,22?/m1/s1. The smallest absolute Gasteiger partial charge is 0.316 e. The molecule has 0 aliphatic heterocycles. The van der Waals surface area contributed by atoms with Gasteiger partial charge in [-0.05, 0) is 83.7 Å². The van der Waals surface area contributed by atoms with E-state index in [2.05, 4.69) is 19.0 Å². The van der Waals surface area contributed by atoms with Crippen LogP contribution in [0.4, 0.5) is 0 Å². The molecule has 2 aliphatic carbocycles. The van der Waals surface area contributed by atoms with Gasteiger partial charge in [0.2, 0.25) is 0 Å². The number of nitrogens with zero attached hydrogens (tertiary/aromatic N) is 1. The maximum Gasteiger partial charge on any atom is 0.316 e. The summed E-state index contributed by atoms with van der Waals surface area (Å²) >= 11 is 0. The van der Waals surface area contributed by atoms with E-state index in [0.29, 0.717) is 17.6 Å². The Morgan fingerprint density at radius 2 is 2.04 bits per heavy atom. The maximum atomic E-state index is 12.2. The molecule has 2 aliphatic rings. The zero-order valence-electron chi connectivity index (χ0n) is 16.8. The fraction of sp³-hybridized carbons (Fsp3) is 0.682. The van der Waals surface area contributed by atoms with Gasteiger partial charge in [0.15, 0.2) is 0 Å². The predicted molar refractivity (Wildman–Crippen MR) is 103 cm³/mol. The molecule has 26 heavy (non-hydrogen) atoms. The summed E-state index contributed by atoms with van der Waals surface area (Å²) < 4.78 is 5.58. The van der Waals surface area contributed by atoms with Gasteiger partial charge < -0.3 is 14.7 Å². The molecular weight excluding hydrogens is 326 g/mol. The molecule has 1 N–H and O–H groups in total. The minimum atomic E-state index is -0.849. The summed E-state index contributed by atoms with van der Waals surface area (Å²) in [6, 6.07) is 7.55. The van der Waals surface area contributed by atoms with Crippen LogP contribution in [0.2, 0.25) is 0 Å². The van der Waals surface area contributed by atoms with Crippen LogP contribution in [0.1, 0.15) is 52.0 Å². The number of fused-ring (bicyclic) bond motifs is 2. The molecule has 0 spiro atoms. The minimum absolute atomic E-state index is 0.213. The molecule has 1 aromatic carbocycles. The van der Waals surface area contributed by atoms with E-state index in [9.17, 15) is 9.90 Å². The number of benzene rings is 1. The monoisotopic (exact) mass is 359 g/mol. The van der Waals surface area contributed by atoms with Crippen LogP contribution in [0.15, 0.2) is 24.3 Å². The fourth-order valence-corrected chi connectivity index (χ4v) is 4.76. The lowest BCUT2D eigenvalue weighted by Gasteiger charge is -2.45. The van der Waals surface area contributed by atoms with Gasteiger partial charge in [0.05, 0.1) is 11.0 Å². The molecule has 4 atom stereocenters. The second-order valence-electron chi connectivity index (χ2n) is 9.60. The third-order valence-corrected chi connectivity index (χ3v) is 6.08. The van der Waals surface area contributed by atoms with Crippen LogP contribution in [0.25, 0.3) is 0 Å². The van der Waals surface area contributed by atoms with Crippen LogP contribution in [0.3, 0.4) is 0 Å². The highest BCUT2D eigenvalue weighted by Crippen LogP contribution is 2.54. The summed E-state index contributed by atoms with van der Waals surface area (Å²) in [5.74, 6) is 1.66. The number of hydrogen-bond acceptors (Lipinski definition) is 4. The lowest BCUT2D eigenvalue weighted by Crippen LogP contribution is -2.47. The Morgan fingerprint density at radius 1 is 1.31 bits per heavy atom. The summed E-state index contributed by atoms with van der Waals surface area (Å²) in [7, 11) is 4.14. The molecule has 4 heteroatoms. The number of carbonyl (C=O) groups excluding carboxylic acids is 1. The molecule has 2 bridgehead atoms. The lowest BCUT2D eigenvalue weighted by molar-refractivity contribution is -0.143. The Morgan fingerprint density at radius 3 is 2.69 bits per heavy atom. The van der Waals surface area contributed by atoms with E-state index < -0.39 is 11.0 Å². The van der Waals surface area contributed by atoms with E-state index in [4.69, 9.17) is 4.74 Å². The van der Waals surface area contributed by atoms with E-state index in [1.54, 1.807) is 6.07 Å². The molecule has 3 rings (SSSR count). The van der Waals surface area contributed by atoms with Crippen molar-refractivity contribution < 1.29 is 14.6 Å². The highest BCUT2D eigenvalue weighted by Gasteiger charge is 2.51. The van der Waals surface area contributed by atoms with E-state index in [1.807, 2.05) is 39.0 Å². The summed E-state index contributed by atoms with van der Waals surface area (Å²) in [6.07, 6.45) is 4.47. The van der Waals surface area contributed by atoms with Crippen molar-refractivity contribution >= 4 is 5.97 Å². The topological polar surface area (TPSA) is 49.8 Å². The molecule has 0 heterocycles. The first-order chi connectivity index (χ1) is 12.1. The molecule has 3 unspecified atom stereocenters. The third kappa shape index (κ3) is 3.81. The summed E-state index contributed by atoms with van der Waals surface area (Å²) in [5.41, 5.74) is -0.511. The molecule has 2 fully saturated rings. The van der Waals surface area contributed by atoms with Crippen molar-refractivity contribution in [1.82, 2.24) is 4.90 Å². The van der Waals surface area contributed by atoms with Crippen molar-refractivity contribution in [3.63, 3.8) is 0 Å². The average molecular weight is 360 g/mol. The van der Waals surface area contributed by atoms with Crippen LogP contribution in [-0.2, 0) is 10.4 Å².